The molecule has 3 unspecified atom stereocenters. The Labute approximate surface area is 134 Å². The Balaban J connectivity index is 1.64. The van der Waals surface area contributed by atoms with Gasteiger partial charge in [0.1, 0.15) is 12.4 Å². The van der Waals surface area contributed by atoms with E-state index in [0.717, 1.165) is 27.6 Å². The van der Waals surface area contributed by atoms with Crippen molar-refractivity contribution in [2.45, 2.75) is 31.8 Å². The number of aliphatic hydroxyl groups is 1. The minimum atomic E-state index is -0.331. The molecule has 3 atom stereocenters. The Kier molecular flexibility index (Phi) is 4.87. The molecule has 4 heteroatoms. The Morgan fingerprint density at radius 2 is 1.95 bits per heavy atom. The summed E-state index contributed by atoms with van der Waals surface area (Å²) in [5.41, 5.74) is 1.00. The van der Waals surface area contributed by atoms with Crippen molar-refractivity contribution >= 4 is 15.9 Å². The monoisotopic (exact) mass is 354 g/mol. The fourth-order valence-electron chi connectivity index (χ4n) is 3.79. The minimum Gasteiger partial charge on any atom is -0.490 e. The van der Waals surface area contributed by atoms with Crippen LogP contribution in [0.1, 0.15) is 37.4 Å². The van der Waals surface area contributed by atoms with E-state index in [1.165, 1.54) is 25.7 Å². The van der Waals surface area contributed by atoms with Gasteiger partial charge in [0.15, 0.2) is 0 Å². The van der Waals surface area contributed by atoms with Gasteiger partial charge in [-0.05, 0) is 64.2 Å². The lowest BCUT2D eigenvalue weighted by Crippen LogP contribution is -2.06. The lowest BCUT2D eigenvalue weighted by Gasteiger charge is -2.14. The molecule has 3 nitrogen and oxygen atoms in total. The maximum Gasteiger partial charge on any atom is 0.133 e. The number of fused-ring (bicyclic) bond motifs is 1. The Bertz CT molecular complexity index is 479. The second kappa shape index (κ2) is 6.67. The van der Waals surface area contributed by atoms with Crippen molar-refractivity contribution in [2.75, 3.05) is 20.3 Å². The van der Waals surface area contributed by atoms with Crippen molar-refractivity contribution in [1.29, 1.82) is 0 Å². The highest BCUT2D eigenvalue weighted by atomic mass is 79.9. The van der Waals surface area contributed by atoms with E-state index in [1.807, 2.05) is 18.2 Å². The van der Waals surface area contributed by atoms with Gasteiger partial charge < -0.3 is 14.6 Å². The smallest absolute Gasteiger partial charge is 0.133 e. The number of methoxy groups -OCH3 is 1. The first-order chi connectivity index (χ1) is 10.2. The van der Waals surface area contributed by atoms with E-state index < -0.39 is 0 Å². The molecular weight excluding hydrogens is 332 g/mol. The quantitative estimate of drug-likeness (QED) is 0.786. The second-order valence-corrected chi connectivity index (χ2v) is 7.02. The summed E-state index contributed by atoms with van der Waals surface area (Å²) >= 11 is 3.54. The summed E-state index contributed by atoms with van der Waals surface area (Å²) in [7, 11) is 1.66. The van der Waals surface area contributed by atoms with Crippen molar-refractivity contribution in [1.82, 2.24) is 0 Å². The molecule has 2 saturated carbocycles. The summed E-state index contributed by atoms with van der Waals surface area (Å²) in [6, 6.07) is 5.92. The molecule has 116 valence electrons. The van der Waals surface area contributed by atoms with E-state index >= 15 is 0 Å². The molecule has 1 aromatic carbocycles. The maximum atomic E-state index is 10.6. The summed E-state index contributed by atoms with van der Waals surface area (Å²) in [5.74, 6) is 2.78. The molecule has 0 heterocycles. The predicted octanol–water partition coefficient (Wildman–Crippen LogP) is 3.94. The number of benzene rings is 1. The van der Waals surface area contributed by atoms with E-state index in [9.17, 15) is 5.11 Å². The summed E-state index contributed by atoms with van der Waals surface area (Å²) in [6.45, 7) is 1.10. The Hall–Kier alpha value is -0.580. The first kappa shape index (κ1) is 15.3. The number of hydrogen-bond donors (Lipinski definition) is 1. The van der Waals surface area contributed by atoms with Crippen molar-refractivity contribution in [3.63, 3.8) is 0 Å². The molecule has 0 saturated heterocycles. The van der Waals surface area contributed by atoms with Crippen molar-refractivity contribution in [3.8, 4) is 5.75 Å². The van der Waals surface area contributed by atoms with Crippen molar-refractivity contribution in [2.24, 2.45) is 17.8 Å². The lowest BCUT2D eigenvalue weighted by molar-refractivity contribution is 0.140. The van der Waals surface area contributed by atoms with Crippen LogP contribution in [0.3, 0.4) is 0 Å². The van der Waals surface area contributed by atoms with Crippen LogP contribution in [0.4, 0.5) is 0 Å². The van der Waals surface area contributed by atoms with E-state index in [1.54, 1.807) is 7.11 Å². The molecular formula is C17H23BrO3. The van der Waals surface area contributed by atoms with E-state index in [0.29, 0.717) is 19.1 Å². The van der Waals surface area contributed by atoms with Crippen LogP contribution in [0.2, 0.25) is 0 Å². The molecule has 0 amide bonds. The zero-order chi connectivity index (χ0) is 14.8. The third kappa shape index (κ3) is 3.27. The SMILES string of the molecule is COCCOc1ccc(C(O)C2C3CCCCC32)cc1Br. The molecule has 2 aliphatic rings. The van der Waals surface area contributed by atoms with E-state index in [4.69, 9.17) is 9.47 Å². The van der Waals surface area contributed by atoms with Gasteiger partial charge in [-0.15, -0.1) is 0 Å². The highest BCUT2D eigenvalue weighted by Crippen LogP contribution is 2.60. The van der Waals surface area contributed by atoms with E-state index in [2.05, 4.69) is 15.9 Å². The zero-order valence-corrected chi connectivity index (χ0v) is 14.0. The van der Waals surface area contributed by atoms with Crippen molar-refractivity contribution in [3.05, 3.63) is 28.2 Å². The van der Waals surface area contributed by atoms with Gasteiger partial charge in [-0.3, -0.25) is 0 Å². The fourth-order valence-corrected chi connectivity index (χ4v) is 4.30. The van der Waals surface area contributed by atoms with Crippen LogP contribution in [0.25, 0.3) is 0 Å². The topological polar surface area (TPSA) is 38.7 Å². The molecule has 2 fully saturated rings. The van der Waals surface area contributed by atoms with Crippen LogP contribution in [0.15, 0.2) is 22.7 Å². The molecule has 0 aromatic heterocycles. The largest absolute Gasteiger partial charge is 0.490 e. The molecule has 0 bridgehead atoms. The van der Waals surface area contributed by atoms with Crippen LogP contribution < -0.4 is 4.74 Å². The van der Waals surface area contributed by atoms with E-state index in [-0.39, 0.29) is 6.10 Å². The normalized spacial score (nSPS) is 28.8. The first-order valence-corrected chi connectivity index (χ1v) is 8.61. The number of ether oxygens (including phenoxy) is 2. The molecule has 0 radical (unpaired) electrons. The molecule has 3 rings (SSSR count). The van der Waals surface area contributed by atoms with Gasteiger partial charge in [0, 0.05) is 7.11 Å². The molecule has 1 N–H and O–H groups in total. The Morgan fingerprint density at radius 1 is 1.24 bits per heavy atom. The van der Waals surface area contributed by atoms with Crippen molar-refractivity contribution < 1.29 is 14.6 Å². The maximum absolute atomic E-state index is 10.6. The predicted molar refractivity (Wildman–Crippen MR) is 85.4 cm³/mol. The molecule has 2 aliphatic carbocycles. The Morgan fingerprint density at radius 3 is 2.57 bits per heavy atom. The first-order valence-electron chi connectivity index (χ1n) is 7.81. The highest BCUT2D eigenvalue weighted by molar-refractivity contribution is 9.10. The van der Waals surface area contributed by atoms with Crippen LogP contribution in [0, 0.1) is 17.8 Å². The van der Waals surface area contributed by atoms with Crippen LogP contribution in [-0.2, 0) is 4.74 Å². The average Bonchev–Trinajstić information content (AvgIpc) is 3.22. The summed E-state index contributed by atoms with van der Waals surface area (Å²) in [6.07, 6.45) is 4.93. The second-order valence-electron chi connectivity index (χ2n) is 6.17. The summed E-state index contributed by atoms with van der Waals surface area (Å²) in [4.78, 5) is 0. The van der Waals surface area contributed by atoms with Gasteiger partial charge in [0.2, 0.25) is 0 Å². The summed E-state index contributed by atoms with van der Waals surface area (Å²) in [5, 5.41) is 10.6. The average molecular weight is 355 g/mol. The van der Waals surface area contributed by atoms with Gasteiger partial charge >= 0.3 is 0 Å². The van der Waals surface area contributed by atoms with Gasteiger partial charge in [0.05, 0.1) is 17.2 Å². The fraction of sp³-hybridized carbons (Fsp3) is 0.647. The summed E-state index contributed by atoms with van der Waals surface area (Å²) < 4.78 is 11.5. The highest BCUT2D eigenvalue weighted by Gasteiger charge is 2.54. The minimum absolute atomic E-state index is 0.331. The lowest BCUT2D eigenvalue weighted by atomic mass is 10.0. The third-order valence-corrected chi connectivity index (χ3v) is 5.55. The third-order valence-electron chi connectivity index (χ3n) is 4.93. The van der Waals surface area contributed by atoms with Gasteiger partial charge in [0.25, 0.3) is 0 Å². The van der Waals surface area contributed by atoms with Crippen LogP contribution in [0.5, 0.6) is 5.75 Å². The molecule has 1 aromatic rings. The molecule has 0 aliphatic heterocycles. The number of hydrogen-bond acceptors (Lipinski definition) is 3. The van der Waals surface area contributed by atoms with Gasteiger partial charge in [-0.25, -0.2) is 0 Å². The van der Waals surface area contributed by atoms with Gasteiger partial charge in [-0.1, -0.05) is 18.9 Å². The number of halogens is 1. The number of rotatable bonds is 6. The zero-order valence-electron chi connectivity index (χ0n) is 12.4. The van der Waals surface area contributed by atoms with Crippen LogP contribution >= 0.6 is 15.9 Å². The van der Waals surface area contributed by atoms with Gasteiger partial charge in [-0.2, -0.15) is 0 Å². The molecule has 0 spiro atoms. The standard InChI is InChI=1S/C17H23BrO3/c1-20-8-9-21-15-7-6-11(10-14(15)18)17(19)16-12-4-2-3-5-13(12)16/h6-7,10,12-13,16-17,19H,2-5,8-9H2,1H3. The molecule has 21 heavy (non-hydrogen) atoms. The van der Waals surface area contributed by atoms with Crippen LogP contribution in [-0.4, -0.2) is 25.4 Å². The number of aliphatic hydroxyl groups excluding tert-OH is 1.